The predicted octanol–water partition coefficient (Wildman–Crippen LogP) is 2.58. The Morgan fingerprint density at radius 2 is 1.69 bits per heavy atom. The zero-order chi connectivity index (χ0) is 19.3. The molecular weight excluding hydrogens is 365 g/mol. The van der Waals surface area contributed by atoms with Crippen LogP contribution in [0.2, 0.25) is 0 Å². The first kappa shape index (κ1) is 19.4. The van der Waals surface area contributed by atoms with Gasteiger partial charge in [-0.05, 0) is 48.9 Å². The second kappa shape index (κ2) is 7.96. The number of halogens is 1. The van der Waals surface area contributed by atoms with Crippen molar-refractivity contribution in [1.29, 1.82) is 0 Å². The average molecular weight is 381 g/mol. The molecule has 0 atom stereocenters. The van der Waals surface area contributed by atoms with E-state index < -0.39 is 27.8 Å². The fourth-order valence-electron chi connectivity index (χ4n) is 2.29. The van der Waals surface area contributed by atoms with Crippen LogP contribution in [0, 0.1) is 5.82 Å². The Hall–Kier alpha value is -2.94. The molecule has 0 bridgehead atoms. The van der Waals surface area contributed by atoms with Crippen LogP contribution in [0.5, 0.6) is 0 Å². The van der Waals surface area contributed by atoms with E-state index in [0.29, 0.717) is 0 Å². The molecule has 26 heavy (non-hydrogen) atoms. The number of aliphatic carboxylic acids is 1. The van der Waals surface area contributed by atoms with Crippen LogP contribution < -0.4 is 4.31 Å². The number of carboxylic acid groups (broad SMARTS) is 2. The molecular formula is C17H16FNO6S. The van der Waals surface area contributed by atoms with Crippen LogP contribution >= 0.6 is 0 Å². The summed E-state index contributed by atoms with van der Waals surface area (Å²) >= 11 is 0. The number of rotatable bonds is 8. The van der Waals surface area contributed by atoms with Gasteiger partial charge in [-0.2, -0.15) is 0 Å². The fourth-order valence-corrected chi connectivity index (χ4v) is 3.78. The average Bonchev–Trinajstić information content (AvgIpc) is 2.58. The number of anilines is 1. The second-order valence-electron chi connectivity index (χ2n) is 5.38. The number of benzene rings is 2. The van der Waals surface area contributed by atoms with Gasteiger partial charge in [0.15, 0.2) is 0 Å². The van der Waals surface area contributed by atoms with Crippen LogP contribution in [0.3, 0.4) is 0 Å². The van der Waals surface area contributed by atoms with Crippen molar-refractivity contribution in [2.75, 3.05) is 10.8 Å². The summed E-state index contributed by atoms with van der Waals surface area (Å²) in [5, 5.41) is 17.9. The Morgan fingerprint density at radius 1 is 1.04 bits per heavy atom. The maximum Gasteiger partial charge on any atom is 0.335 e. The highest BCUT2D eigenvalue weighted by Crippen LogP contribution is 2.25. The van der Waals surface area contributed by atoms with Crippen molar-refractivity contribution in [2.45, 2.75) is 17.7 Å². The smallest absolute Gasteiger partial charge is 0.335 e. The monoisotopic (exact) mass is 381 g/mol. The van der Waals surface area contributed by atoms with Crippen molar-refractivity contribution in [3.05, 3.63) is 59.9 Å². The third kappa shape index (κ3) is 4.57. The van der Waals surface area contributed by atoms with Gasteiger partial charge >= 0.3 is 11.9 Å². The number of sulfonamides is 1. The van der Waals surface area contributed by atoms with Crippen LogP contribution in [0.1, 0.15) is 23.2 Å². The van der Waals surface area contributed by atoms with Gasteiger partial charge in [0, 0.05) is 13.0 Å². The molecule has 0 amide bonds. The van der Waals surface area contributed by atoms with Crippen molar-refractivity contribution < 1.29 is 32.6 Å². The topological polar surface area (TPSA) is 112 Å². The summed E-state index contributed by atoms with van der Waals surface area (Å²) in [6.07, 6.45) is -0.235. The molecule has 0 unspecified atom stereocenters. The summed E-state index contributed by atoms with van der Waals surface area (Å²) in [5.74, 6) is -2.91. The first-order valence-electron chi connectivity index (χ1n) is 7.55. The Kier molecular flexibility index (Phi) is 5.93. The molecule has 0 aliphatic rings. The van der Waals surface area contributed by atoms with E-state index in [9.17, 15) is 22.4 Å². The molecule has 0 aromatic heterocycles. The first-order valence-corrected chi connectivity index (χ1v) is 8.99. The van der Waals surface area contributed by atoms with Crippen LogP contribution in [0.25, 0.3) is 0 Å². The first-order chi connectivity index (χ1) is 12.2. The second-order valence-corrected chi connectivity index (χ2v) is 7.25. The van der Waals surface area contributed by atoms with Crippen molar-refractivity contribution >= 4 is 27.6 Å². The third-order valence-electron chi connectivity index (χ3n) is 3.53. The molecule has 0 saturated carbocycles. The number of hydrogen-bond donors (Lipinski definition) is 2. The van der Waals surface area contributed by atoms with Crippen molar-refractivity contribution in [1.82, 2.24) is 0 Å². The Labute approximate surface area is 149 Å². The quantitative estimate of drug-likeness (QED) is 0.727. The predicted molar refractivity (Wildman–Crippen MR) is 91.2 cm³/mol. The SMILES string of the molecule is O=C(O)CCCN(c1cccc(C(=O)O)c1)S(=O)(=O)c1ccc(F)cc1. The van der Waals surface area contributed by atoms with E-state index in [1.807, 2.05) is 0 Å². The Morgan fingerprint density at radius 3 is 2.27 bits per heavy atom. The van der Waals surface area contributed by atoms with Gasteiger partial charge in [0.25, 0.3) is 10.0 Å². The summed E-state index contributed by atoms with van der Waals surface area (Å²) in [7, 11) is -4.13. The minimum atomic E-state index is -4.13. The summed E-state index contributed by atoms with van der Waals surface area (Å²) in [6, 6.07) is 9.48. The zero-order valence-corrected chi connectivity index (χ0v) is 14.3. The molecule has 0 aliphatic heterocycles. The standard InChI is InChI=1S/C17H16FNO6S/c18-13-6-8-15(9-7-13)26(24,25)19(10-2-5-16(20)21)14-4-1-3-12(11-14)17(22)23/h1,3-4,6-9,11H,2,5,10H2,(H,20,21)(H,22,23). The summed E-state index contributed by atoms with van der Waals surface area (Å²) in [4.78, 5) is 21.7. The number of aromatic carboxylic acids is 1. The van der Waals surface area contributed by atoms with Gasteiger partial charge in [-0.15, -0.1) is 0 Å². The van der Waals surface area contributed by atoms with E-state index in [4.69, 9.17) is 10.2 Å². The fraction of sp³-hybridized carbons (Fsp3) is 0.176. The molecule has 0 spiro atoms. The van der Waals surface area contributed by atoms with E-state index >= 15 is 0 Å². The molecule has 7 nitrogen and oxygen atoms in total. The van der Waals surface area contributed by atoms with Gasteiger partial charge < -0.3 is 10.2 Å². The Balaban J connectivity index is 2.46. The normalized spacial score (nSPS) is 11.1. The van der Waals surface area contributed by atoms with E-state index in [1.54, 1.807) is 0 Å². The highest BCUT2D eigenvalue weighted by atomic mass is 32.2. The van der Waals surface area contributed by atoms with Gasteiger partial charge in [0.1, 0.15) is 5.82 Å². The summed E-state index contributed by atoms with van der Waals surface area (Å²) in [5.41, 5.74) is -0.0281. The molecule has 138 valence electrons. The highest BCUT2D eigenvalue weighted by molar-refractivity contribution is 7.92. The van der Waals surface area contributed by atoms with E-state index in [2.05, 4.69) is 0 Å². The van der Waals surface area contributed by atoms with Crippen molar-refractivity contribution in [2.24, 2.45) is 0 Å². The van der Waals surface area contributed by atoms with E-state index in [-0.39, 0.29) is 35.5 Å². The van der Waals surface area contributed by atoms with Crippen LogP contribution in [0.4, 0.5) is 10.1 Å². The molecule has 0 aliphatic carbocycles. The number of hydrogen-bond acceptors (Lipinski definition) is 4. The van der Waals surface area contributed by atoms with Gasteiger partial charge in [-0.25, -0.2) is 17.6 Å². The number of carbonyl (C=O) groups is 2. The van der Waals surface area contributed by atoms with Crippen LogP contribution in [-0.2, 0) is 14.8 Å². The lowest BCUT2D eigenvalue weighted by Gasteiger charge is -2.24. The van der Waals surface area contributed by atoms with Crippen molar-refractivity contribution in [3.8, 4) is 0 Å². The minimum absolute atomic E-state index is 0.0209. The molecule has 0 saturated heterocycles. The molecule has 2 rings (SSSR count). The molecule has 9 heteroatoms. The summed E-state index contributed by atoms with van der Waals surface area (Å²) < 4.78 is 39.8. The molecule has 2 N–H and O–H groups in total. The zero-order valence-electron chi connectivity index (χ0n) is 13.5. The highest BCUT2D eigenvalue weighted by Gasteiger charge is 2.25. The molecule has 0 fully saturated rings. The minimum Gasteiger partial charge on any atom is -0.481 e. The lowest BCUT2D eigenvalue weighted by Crippen LogP contribution is -2.32. The largest absolute Gasteiger partial charge is 0.481 e. The maximum absolute atomic E-state index is 13.1. The van der Waals surface area contributed by atoms with Crippen molar-refractivity contribution in [3.63, 3.8) is 0 Å². The van der Waals surface area contributed by atoms with Gasteiger partial charge in [0.2, 0.25) is 0 Å². The van der Waals surface area contributed by atoms with E-state index in [0.717, 1.165) is 28.6 Å². The van der Waals surface area contributed by atoms with Crippen LogP contribution in [0.15, 0.2) is 53.4 Å². The van der Waals surface area contributed by atoms with Gasteiger partial charge in [-0.3, -0.25) is 9.10 Å². The van der Waals surface area contributed by atoms with Gasteiger partial charge in [0.05, 0.1) is 16.1 Å². The molecule has 2 aromatic rings. The Bertz CT molecular complexity index is 911. The lowest BCUT2D eigenvalue weighted by atomic mass is 10.2. The summed E-state index contributed by atoms with van der Waals surface area (Å²) in [6.45, 7) is -0.172. The molecule has 2 aromatic carbocycles. The maximum atomic E-state index is 13.1. The number of carboxylic acids is 2. The van der Waals surface area contributed by atoms with Gasteiger partial charge in [-0.1, -0.05) is 6.07 Å². The molecule has 0 heterocycles. The van der Waals surface area contributed by atoms with Crippen LogP contribution in [-0.4, -0.2) is 37.1 Å². The molecule has 0 radical (unpaired) electrons. The third-order valence-corrected chi connectivity index (χ3v) is 5.38. The number of nitrogens with zero attached hydrogens (tertiary/aromatic N) is 1. The van der Waals surface area contributed by atoms with E-state index in [1.165, 1.54) is 24.3 Å². The lowest BCUT2D eigenvalue weighted by molar-refractivity contribution is -0.137.